The van der Waals surface area contributed by atoms with Crippen LogP contribution in [0, 0.1) is 0 Å². The molecule has 1 saturated heterocycles. The van der Waals surface area contributed by atoms with Crippen molar-refractivity contribution >= 4 is 17.4 Å². The van der Waals surface area contributed by atoms with E-state index in [4.69, 9.17) is 4.74 Å². The lowest BCUT2D eigenvalue weighted by Crippen LogP contribution is -2.58. The molecule has 3 N–H and O–H groups in total. The van der Waals surface area contributed by atoms with Gasteiger partial charge in [0.05, 0.1) is 30.7 Å². The van der Waals surface area contributed by atoms with Crippen molar-refractivity contribution in [3.63, 3.8) is 0 Å². The molecule has 10 nitrogen and oxygen atoms in total. The SMILES string of the molecule is C[C@@H](COC[C@H](O)C(=O)N1CCN2c3ncc(C(F)(F)F)cc3CC[C@@H]2C1)Nc1cn[nH]c(=O)c1C(F)(F)F. The van der Waals surface area contributed by atoms with Crippen LogP contribution in [0.1, 0.15) is 30.0 Å². The Hall–Kier alpha value is -3.40. The summed E-state index contributed by atoms with van der Waals surface area (Å²) < 4.78 is 83.9. The predicted molar refractivity (Wildman–Crippen MR) is 125 cm³/mol. The highest BCUT2D eigenvalue weighted by Gasteiger charge is 2.39. The number of alkyl halides is 6. The lowest BCUT2D eigenvalue weighted by Gasteiger charge is -2.45. The van der Waals surface area contributed by atoms with Crippen molar-refractivity contribution in [3.8, 4) is 0 Å². The summed E-state index contributed by atoms with van der Waals surface area (Å²) in [4.78, 5) is 31.7. The Labute approximate surface area is 218 Å². The van der Waals surface area contributed by atoms with Crippen molar-refractivity contribution in [1.29, 1.82) is 0 Å². The molecule has 4 rings (SSSR count). The summed E-state index contributed by atoms with van der Waals surface area (Å²) in [6.07, 6.45) is -8.43. The second-order valence-corrected chi connectivity index (χ2v) is 9.46. The van der Waals surface area contributed by atoms with Crippen LogP contribution in [0.2, 0.25) is 0 Å². The van der Waals surface area contributed by atoms with Crippen LogP contribution in [-0.4, -0.2) is 82.1 Å². The maximum atomic E-state index is 13.2. The van der Waals surface area contributed by atoms with Gasteiger partial charge in [0.2, 0.25) is 0 Å². The summed E-state index contributed by atoms with van der Waals surface area (Å²) in [6.45, 7) is 1.66. The Morgan fingerprint density at radius 1 is 1.21 bits per heavy atom. The summed E-state index contributed by atoms with van der Waals surface area (Å²) in [6, 6.07) is 0.194. The minimum Gasteiger partial charge on any atom is -0.381 e. The molecule has 214 valence electrons. The van der Waals surface area contributed by atoms with Crippen molar-refractivity contribution in [2.45, 2.75) is 50.3 Å². The van der Waals surface area contributed by atoms with E-state index in [1.165, 1.54) is 11.8 Å². The number of hydrogen-bond donors (Lipinski definition) is 3. The van der Waals surface area contributed by atoms with Gasteiger partial charge in [-0.15, -0.1) is 0 Å². The van der Waals surface area contributed by atoms with Gasteiger partial charge in [-0.25, -0.2) is 10.1 Å². The van der Waals surface area contributed by atoms with Gasteiger partial charge in [-0.1, -0.05) is 0 Å². The first kappa shape index (κ1) is 28.6. The molecule has 0 aliphatic carbocycles. The topological polar surface area (TPSA) is 124 Å². The van der Waals surface area contributed by atoms with E-state index in [-0.39, 0.29) is 25.7 Å². The molecule has 0 spiro atoms. The molecule has 1 fully saturated rings. The molecular formula is C23H26F6N6O4. The van der Waals surface area contributed by atoms with Crippen LogP contribution in [0.5, 0.6) is 0 Å². The second kappa shape index (κ2) is 11.0. The molecule has 4 heterocycles. The summed E-state index contributed by atoms with van der Waals surface area (Å²) in [5, 5.41) is 17.9. The number of rotatable bonds is 7. The molecule has 0 radical (unpaired) electrons. The Balaban J connectivity index is 1.28. The predicted octanol–water partition coefficient (Wildman–Crippen LogP) is 2.04. The van der Waals surface area contributed by atoms with Crippen molar-refractivity contribution in [3.05, 3.63) is 45.5 Å². The zero-order valence-corrected chi connectivity index (χ0v) is 20.6. The average Bonchev–Trinajstić information content (AvgIpc) is 2.86. The van der Waals surface area contributed by atoms with Gasteiger partial charge >= 0.3 is 12.4 Å². The molecule has 0 bridgehead atoms. The number of aromatic amines is 1. The summed E-state index contributed by atoms with van der Waals surface area (Å²) in [5.74, 6) is -0.138. The second-order valence-electron chi connectivity index (χ2n) is 9.46. The fourth-order valence-electron chi connectivity index (χ4n) is 4.74. The quantitative estimate of drug-likeness (QED) is 0.437. The number of aliphatic hydroxyl groups is 1. The fourth-order valence-corrected chi connectivity index (χ4v) is 4.74. The first-order valence-electron chi connectivity index (χ1n) is 12.0. The summed E-state index contributed by atoms with van der Waals surface area (Å²) in [5.41, 5.74) is -3.67. The number of amides is 1. The van der Waals surface area contributed by atoms with Crippen LogP contribution in [-0.2, 0) is 28.3 Å². The van der Waals surface area contributed by atoms with Gasteiger partial charge in [0.15, 0.2) is 6.10 Å². The third-order valence-corrected chi connectivity index (χ3v) is 6.55. The highest BCUT2D eigenvalue weighted by Crippen LogP contribution is 2.36. The van der Waals surface area contributed by atoms with Crippen LogP contribution >= 0.6 is 0 Å². The molecule has 2 aromatic heterocycles. The maximum Gasteiger partial charge on any atom is 0.423 e. The Kier molecular flexibility index (Phi) is 8.07. The van der Waals surface area contributed by atoms with Crippen LogP contribution in [0.4, 0.5) is 37.8 Å². The first-order chi connectivity index (χ1) is 18.3. The lowest BCUT2D eigenvalue weighted by molar-refractivity contribution is -0.144. The van der Waals surface area contributed by atoms with Gasteiger partial charge in [0.1, 0.15) is 11.4 Å². The molecule has 2 aliphatic rings. The van der Waals surface area contributed by atoms with Crippen molar-refractivity contribution in [2.24, 2.45) is 0 Å². The molecule has 0 unspecified atom stereocenters. The molecule has 2 aliphatic heterocycles. The van der Waals surface area contributed by atoms with Gasteiger partial charge in [0.25, 0.3) is 11.5 Å². The number of ether oxygens (including phenoxy) is 1. The fraction of sp³-hybridized carbons (Fsp3) is 0.565. The van der Waals surface area contributed by atoms with E-state index in [1.807, 2.05) is 4.90 Å². The van der Waals surface area contributed by atoms with E-state index >= 15 is 0 Å². The number of nitrogens with one attached hydrogen (secondary N) is 2. The van der Waals surface area contributed by atoms with Crippen LogP contribution in [0.25, 0.3) is 0 Å². The number of carbonyl (C=O) groups is 1. The molecule has 2 aromatic rings. The number of aromatic nitrogens is 3. The van der Waals surface area contributed by atoms with Crippen LogP contribution in [0.3, 0.4) is 0 Å². The average molecular weight is 564 g/mol. The van der Waals surface area contributed by atoms with Crippen LogP contribution < -0.4 is 15.8 Å². The van der Waals surface area contributed by atoms with Gasteiger partial charge < -0.3 is 25.0 Å². The Morgan fingerprint density at radius 3 is 2.64 bits per heavy atom. The molecule has 3 atom stereocenters. The molecule has 0 aromatic carbocycles. The smallest absolute Gasteiger partial charge is 0.381 e. The Morgan fingerprint density at radius 2 is 1.95 bits per heavy atom. The number of anilines is 2. The minimum atomic E-state index is -4.91. The van der Waals surface area contributed by atoms with Crippen molar-refractivity contribution < 1.29 is 41.0 Å². The van der Waals surface area contributed by atoms with Gasteiger partial charge in [0, 0.05) is 37.9 Å². The zero-order chi connectivity index (χ0) is 28.5. The van der Waals surface area contributed by atoms with E-state index in [2.05, 4.69) is 15.4 Å². The third-order valence-electron chi connectivity index (χ3n) is 6.55. The zero-order valence-electron chi connectivity index (χ0n) is 20.6. The van der Waals surface area contributed by atoms with Crippen LogP contribution in [0.15, 0.2) is 23.3 Å². The molecular weight excluding hydrogens is 538 g/mol. The summed E-state index contributed by atoms with van der Waals surface area (Å²) >= 11 is 0. The summed E-state index contributed by atoms with van der Waals surface area (Å²) in [7, 11) is 0. The molecule has 16 heteroatoms. The number of nitrogens with zero attached hydrogens (tertiary/aromatic N) is 4. The highest BCUT2D eigenvalue weighted by atomic mass is 19.4. The van der Waals surface area contributed by atoms with E-state index < -0.39 is 59.4 Å². The monoisotopic (exact) mass is 564 g/mol. The number of hydrogen-bond acceptors (Lipinski definition) is 8. The highest BCUT2D eigenvalue weighted by molar-refractivity contribution is 5.81. The molecule has 0 saturated carbocycles. The van der Waals surface area contributed by atoms with Crippen molar-refractivity contribution in [2.75, 3.05) is 43.1 Å². The minimum absolute atomic E-state index is 0.178. The number of aliphatic hydroxyl groups excluding tert-OH is 1. The first-order valence-corrected chi connectivity index (χ1v) is 12.0. The van der Waals surface area contributed by atoms with E-state index in [0.29, 0.717) is 30.8 Å². The normalized spacial score (nSPS) is 19.2. The maximum absolute atomic E-state index is 13.2. The number of pyridine rings is 1. The molecule has 1 amide bonds. The standard InChI is InChI=1S/C23H26F6N6O4/c1-12(32-16-8-31-33-20(37)18(16)23(27,28)29)10-39-11-17(36)21(38)34-4-5-35-15(9-34)3-2-13-6-14(22(24,25)26)7-30-19(13)35/h6-8,12,15,17,36H,2-5,9-11H2,1H3,(H2,32,33,37)/t12-,15+,17-/m0/s1. The van der Waals surface area contributed by atoms with Gasteiger partial charge in [-0.2, -0.15) is 31.4 Å². The lowest BCUT2D eigenvalue weighted by atomic mass is 9.95. The number of piperazine rings is 1. The van der Waals surface area contributed by atoms with E-state index in [0.717, 1.165) is 18.5 Å². The number of halogens is 6. The number of fused-ring (bicyclic) bond motifs is 3. The van der Waals surface area contributed by atoms with E-state index in [1.54, 1.807) is 5.10 Å². The van der Waals surface area contributed by atoms with E-state index in [9.17, 15) is 41.0 Å². The van der Waals surface area contributed by atoms with Gasteiger partial charge in [-0.3, -0.25) is 9.59 Å². The number of aryl methyl sites for hydroxylation is 1. The number of carbonyl (C=O) groups excluding carboxylic acids is 1. The van der Waals surface area contributed by atoms with Crippen molar-refractivity contribution in [1.82, 2.24) is 20.1 Å². The Bertz CT molecular complexity index is 1250. The largest absolute Gasteiger partial charge is 0.423 e. The third kappa shape index (κ3) is 6.43. The number of H-pyrrole nitrogens is 1. The molecule has 39 heavy (non-hydrogen) atoms. The van der Waals surface area contributed by atoms with Gasteiger partial charge in [-0.05, 0) is 31.4 Å².